The second-order valence-electron chi connectivity index (χ2n) is 2.77. The zero-order chi connectivity index (χ0) is 10.1. The predicted octanol–water partition coefficient (Wildman–Crippen LogP) is 4.56. The topological polar surface area (TPSA) is 9.23 Å². The van der Waals surface area contributed by atoms with E-state index in [1.165, 1.54) is 4.70 Å². The van der Waals surface area contributed by atoms with E-state index in [9.17, 15) is 0 Å². The molecule has 1 aromatic heterocycles. The maximum absolute atomic E-state index is 6.04. The molecule has 0 saturated carbocycles. The summed E-state index contributed by atoms with van der Waals surface area (Å²) in [6.45, 7) is 2.68. The third-order valence-electron chi connectivity index (χ3n) is 1.90. The van der Waals surface area contributed by atoms with Crippen LogP contribution >= 0.6 is 45.5 Å². The maximum atomic E-state index is 6.04. The monoisotopic (exact) mass is 338 g/mol. The van der Waals surface area contributed by atoms with Crippen LogP contribution in [-0.4, -0.2) is 6.61 Å². The van der Waals surface area contributed by atoms with Gasteiger partial charge in [0.05, 0.1) is 19.9 Å². The molecule has 0 N–H and O–H groups in total. The summed E-state index contributed by atoms with van der Waals surface area (Å²) in [4.78, 5) is 0. The fourth-order valence-electron chi connectivity index (χ4n) is 1.28. The van der Waals surface area contributed by atoms with Crippen LogP contribution in [-0.2, 0) is 0 Å². The van der Waals surface area contributed by atoms with Gasteiger partial charge < -0.3 is 4.74 Å². The first-order valence-electron chi connectivity index (χ1n) is 4.22. The molecule has 0 amide bonds. The molecule has 0 saturated heterocycles. The highest BCUT2D eigenvalue weighted by Gasteiger charge is 2.09. The number of benzene rings is 1. The van der Waals surface area contributed by atoms with Gasteiger partial charge in [-0.25, -0.2) is 0 Å². The Morgan fingerprint density at radius 1 is 1.50 bits per heavy atom. The highest BCUT2D eigenvalue weighted by Crippen LogP contribution is 2.37. The summed E-state index contributed by atoms with van der Waals surface area (Å²) in [5.41, 5.74) is 0. The van der Waals surface area contributed by atoms with Gasteiger partial charge in [-0.1, -0.05) is 11.6 Å². The minimum Gasteiger partial charge on any atom is -0.493 e. The molecule has 0 unspecified atom stereocenters. The first-order valence-corrected chi connectivity index (χ1v) is 6.55. The molecule has 0 radical (unpaired) electrons. The van der Waals surface area contributed by atoms with E-state index >= 15 is 0 Å². The molecule has 0 aliphatic carbocycles. The lowest BCUT2D eigenvalue weighted by atomic mass is 10.2. The Kier molecular flexibility index (Phi) is 3.19. The normalized spacial score (nSPS) is 10.8. The Morgan fingerprint density at radius 2 is 2.29 bits per heavy atom. The number of hydrogen-bond acceptors (Lipinski definition) is 2. The van der Waals surface area contributed by atoms with Crippen LogP contribution in [0.25, 0.3) is 10.1 Å². The summed E-state index contributed by atoms with van der Waals surface area (Å²) in [6, 6.07) is 3.99. The van der Waals surface area contributed by atoms with Crippen molar-refractivity contribution < 1.29 is 4.74 Å². The molecule has 0 fully saturated rings. The van der Waals surface area contributed by atoms with Crippen molar-refractivity contribution in [2.45, 2.75) is 6.92 Å². The van der Waals surface area contributed by atoms with Crippen molar-refractivity contribution in [2.75, 3.05) is 6.61 Å². The maximum Gasteiger partial charge on any atom is 0.134 e. The molecule has 0 aliphatic rings. The number of rotatable bonds is 2. The summed E-state index contributed by atoms with van der Waals surface area (Å²) in [5.74, 6) is 0.944. The van der Waals surface area contributed by atoms with Crippen molar-refractivity contribution in [3.05, 3.63) is 26.1 Å². The SMILES string of the molecule is CCOc1ccc2c(Cl)csc2c1I. The van der Waals surface area contributed by atoms with Crippen LogP contribution in [0.3, 0.4) is 0 Å². The second kappa shape index (κ2) is 4.24. The highest BCUT2D eigenvalue weighted by molar-refractivity contribution is 14.1. The molecule has 0 atom stereocenters. The predicted molar refractivity (Wildman–Crippen MR) is 70.7 cm³/mol. The van der Waals surface area contributed by atoms with Crippen molar-refractivity contribution in [1.29, 1.82) is 0 Å². The molecule has 1 heterocycles. The van der Waals surface area contributed by atoms with Gasteiger partial charge in [0.25, 0.3) is 0 Å². The van der Waals surface area contributed by atoms with Gasteiger partial charge in [0.2, 0.25) is 0 Å². The van der Waals surface area contributed by atoms with Gasteiger partial charge >= 0.3 is 0 Å². The van der Waals surface area contributed by atoms with Crippen molar-refractivity contribution >= 4 is 55.6 Å². The molecule has 2 rings (SSSR count). The van der Waals surface area contributed by atoms with Crippen LogP contribution < -0.4 is 4.74 Å². The number of thiophene rings is 1. The van der Waals surface area contributed by atoms with Gasteiger partial charge in [-0.15, -0.1) is 11.3 Å². The molecule has 0 spiro atoms. The average molecular weight is 339 g/mol. The molecular weight excluding hydrogens is 331 g/mol. The van der Waals surface area contributed by atoms with E-state index in [0.717, 1.165) is 19.7 Å². The molecule has 14 heavy (non-hydrogen) atoms. The largest absolute Gasteiger partial charge is 0.493 e. The van der Waals surface area contributed by atoms with E-state index in [1.807, 2.05) is 24.4 Å². The van der Waals surface area contributed by atoms with Crippen LogP contribution in [0.5, 0.6) is 5.75 Å². The quantitative estimate of drug-likeness (QED) is 0.730. The third-order valence-corrected chi connectivity index (χ3v) is 4.79. The fourth-order valence-corrected chi connectivity index (χ4v) is 3.49. The Morgan fingerprint density at radius 3 is 3.00 bits per heavy atom. The van der Waals surface area contributed by atoms with Crippen LogP contribution in [0.1, 0.15) is 6.92 Å². The summed E-state index contributed by atoms with van der Waals surface area (Å²) < 4.78 is 7.87. The third kappa shape index (κ3) is 1.73. The summed E-state index contributed by atoms with van der Waals surface area (Å²) >= 11 is 10.0. The zero-order valence-corrected chi connectivity index (χ0v) is 11.2. The van der Waals surface area contributed by atoms with E-state index < -0.39 is 0 Å². The van der Waals surface area contributed by atoms with Crippen molar-refractivity contribution in [3.8, 4) is 5.75 Å². The zero-order valence-electron chi connectivity index (χ0n) is 7.51. The highest BCUT2D eigenvalue weighted by atomic mass is 127. The van der Waals surface area contributed by atoms with Crippen LogP contribution in [0.15, 0.2) is 17.5 Å². The van der Waals surface area contributed by atoms with E-state index in [1.54, 1.807) is 11.3 Å². The average Bonchev–Trinajstić information content (AvgIpc) is 2.54. The van der Waals surface area contributed by atoms with Gasteiger partial charge in [-0.3, -0.25) is 0 Å². The Bertz CT molecular complexity index is 466. The molecule has 1 aromatic carbocycles. The molecule has 0 bridgehead atoms. The number of ether oxygens (including phenoxy) is 1. The Hall–Kier alpha value is -0.000000000000000111. The molecule has 2 aromatic rings. The molecule has 1 nitrogen and oxygen atoms in total. The van der Waals surface area contributed by atoms with Crippen LogP contribution in [0.2, 0.25) is 5.02 Å². The second-order valence-corrected chi connectivity index (χ2v) is 5.14. The van der Waals surface area contributed by atoms with Crippen molar-refractivity contribution in [1.82, 2.24) is 0 Å². The lowest BCUT2D eigenvalue weighted by molar-refractivity contribution is 0.338. The summed E-state index contributed by atoms with van der Waals surface area (Å²) in [6.07, 6.45) is 0. The standard InChI is InChI=1S/C10H8ClIOS/c1-2-13-8-4-3-6-7(11)5-14-10(6)9(8)12/h3-5H,2H2,1H3. The minimum atomic E-state index is 0.695. The van der Waals surface area contributed by atoms with E-state index in [0.29, 0.717) is 6.61 Å². The molecule has 4 heteroatoms. The van der Waals surface area contributed by atoms with Gasteiger partial charge in [-0.2, -0.15) is 0 Å². The van der Waals surface area contributed by atoms with Crippen LogP contribution in [0, 0.1) is 3.57 Å². The minimum absolute atomic E-state index is 0.695. The summed E-state index contributed by atoms with van der Waals surface area (Å²) in [5, 5.41) is 3.90. The van der Waals surface area contributed by atoms with Crippen LogP contribution in [0.4, 0.5) is 0 Å². The first-order chi connectivity index (χ1) is 6.74. The van der Waals surface area contributed by atoms with E-state index in [4.69, 9.17) is 16.3 Å². The van der Waals surface area contributed by atoms with Gasteiger partial charge in [0.15, 0.2) is 0 Å². The van der Waals surface area contributed by atoms with Gasteiger partial charge in [0, 0.05) is 10.8 Å². The number of halogens is 2. The molecule has 74 valence electrons. The smallest absolute Gasteiger partial charge is 0.134 e. The summed E-state index contributed by atoms with van der Waals surface area (Å²) in [7, 11) is 0. The van der Waals surface area contributed by atoms with Gasteiger partial charge in [0.1, 0.15) is 5.75 Å². The van der Waals surface area contributed by atoms with Gasteiger partial charge in [-0.05, 0) is 41.6 Å². The number of hydrogen-bond donors (Lipinski definition) is 0. The van der Waals surface area contributed by atoms with E-state index in [-0.39, 0.29) is 0 Å². The van der Waals surface area contributed by atoms with E-state index in [2.05, 4.69) is 22.6 Å². The molecular formula is C10H8ClIOS. The Labute approximate surface area is 105 Å². The lowest BCUT2D eigenvalue weighted by Gasteiger charge is -2.05. The molecule has 0 aliphatic heterocycles. The number of fused-ring (bicyclic) bond motifs is 1. The first kappa shape index (κ1) is 10.5. The fraction of sp³-hybridized carbons (Fsp3) is 0.200. The lowest BCUT2D eigenvalue weighted by Crippen LogP contribution is -1.93. The van der Waals surface area contributed by atoms with Crippen molar-refractivity contribution in [2.24, 2.45) is 0 Å². The Balaban J connectivity index is 2.63. The van der Waals surface area contributed by atoms with Crippen molar-refractivity contribution in [3.63, 3.8) is 0 Å².